The van der Waals surface area contributed by atoms with Crippen LogP contribution < -0.4 is 10.2 Å². The van der Waals surface area contributed by atoms with Gasteiger partial charge in [-0.1, -0.05) is 13.0 Å². The van der Waals surface area contributed by atoms with E-state index in [2.05, 4.69) is 24.1 Å². The summed E-state index contributed by atoms with van der Waals surface area (Å²) in [7, 11) is 0. The Morgan fingerprint density at radius 3 is 2.89 bits per heavy atom. The molecule has 19 heavy (non-hydrogen) atoms. The topological polar surface area (TPSA) is 15.3 Å². The Morgan fingerprint density at radius 1 is 1.42 bits per heavy atom. The standard InChI is InChI=1S/C15H23FN2S/c1-4-17-10-12-13(16)6-5-7-14(12)18-8-9-19-15(2,3)11-18/h5-7,17H,4,8-11H2,1-3H3. The summed E-state index contributed by atoms with van der Waals surface area (Å²) in [5, 5.41) is 3.23. The first-order valence-electron chi connectivity index (χ1n) is 6.90. The second-order valence-electron chi connectivity index (χ2n) is 5.55. The zero-order valence-electron chi connectivity index (χ0n) is 12.0. The number of nitrogens with one attached hydrogen (secondary N) is 1. The third kappa shape index (κ3) is 3.63. The van der Waals surface area contributed by atoms with Crippen molar-refractivity contribution in [3.05, 3.63) is 29.6 Å². The van der Waals surface area contributed by atoms with E-state index in [1.165, 1.54) is 0 Å². The molecule has 1 aromatic rings. The molecule has 0 spiro atoms. The molecule has 1 aromatic carbocycles. The molecule has 1 aliphatic heterocycles. The van der Waals surface area contributed by atoms with Crippen LogP contribution in [0.4, 0.5) is 10.1 Å². The Morgan fingerprint density at radius 2 is 2.21 bits per heavy atom. The van der Waals surface area contributed by atoms with E-state index in [4.69, 9.17) is 0 Å². The van der Waals surface area contributed by atoms with Gasteiger partial charge >= 0.3 is 0 Å². The van der Waals surface area contributed by atoms with Gasteiger partial charge in [-0.3, -0.25) is 0 Å². The molecular weight excluding hydrogens is 259 g/mol. The molecule has 1 saturated heterocycles. The zero-order chi connectivity index (χ0) is 13.9. The van der Waals surface area contributed by atoms with Gasteiger partial charge in [-0.05, 0) is 32.5 Å². The van der Waals surface area contributed by atoms with Gasteiger partial charge < -0.3 is 10.2 Å². The van der Waals surface area contributed by atoms with E-state index in [1.807, 2.05) is 30.8 Å². The molecule has 1 N–H and O–H groups in total. The van der Waals surface area contributed by atoms with Gasteiger partial charge in [-0.15, -0.1) is 0 Å². The maximum absolute atomic E-state index is 14.0. The first-order chi connectivity index (χ1) is 9.03. The Bertz CT molecular complexity index is 434. The smallest absolute Gasteiger partial charge is 0.129 e. The van der Waals surface area contributed by atoms with Crippen LogP contribution in [-0.2, 0) is 6.54 Å². The van der Waals surface area contributed by atoms with Crippen LogP contribution in [0.25, 0.3) is 0 Å². The quantitative estimate of drug-likeness (QED) is 0.912. The van der Waals surface area contributed by atoms with Crippen LogP contribution in [0, 0.1) is 5.82 Å². The number of hydrogen-bond acceptors (Lipinski definition) is 3. The molecule has 1 aliphatic rings. The summed E-state index contributed by atoms with van der Waals surface area (Å²) in [6.07, 6.45) is 0. The molecule has 0 radical (unpaired) electrons. The number of hydrogen-bond donors (Lipinski definition) is 1. The lowest BCUT2D eigenvalue weighted by molar-refractivity contribution is 0.586. The molecule has 0 aromatic heterocycles. The number of anilines is 1. The van der Waals surface area contributed by atoms with Crippen molar-refractivity contribution in [2.45, 2.75) is 32.1 Å². The van der Waals surface area contributed by atoms with Crippen LogP contribution in [0.3, 0.4) is 0 Å². The first-order valence-corrected chi connectivity index (χ1v) is 7.89. The SMILES string of the molecule is CCNCc1c(F)cccc1N1CCSC(C)(C)C1. The Labute approximate surface area is 119 Å². The monoisotopic (exact) mass is 282 g/mol. The lowest BCUT2D eigenvalue weighted by Gasteiger charge is -2.39. The van der Waals surface area contributed by atoms with E-state index < -0.39 is 0 Å². The second-order valence-corrected chi connectivity index (χ2v) is 7.35. The molecule has 0 unspecified atom stereocenters. The van der Waals surface area contributed by atoms with Gasteiger partial charge in [0.1, 0.15) is 5.82 Å². The van der Waals surface area contributed by atoms with Crippen LogP contribution in [0.2, 0.25) is 0 Å². The van der Waals surface area contributed by atoms with Gasteiger partial charge in [-0.25, -0.2) is 4.39 Å². The fourth-order valence-corrected chi connectivity index (χ4v) is 3.60. The lowest BCUT2D eigenvalue weighted by Crippen LogP contribution is -2.43. The summed E-state index contributed by atoms with van der Waals surface area (Å²) in [4.78, 5) is 2.33. The van der Waals surface area contributed by atoms with Gasteiger partial charge in [0.05, 0.1) is 0 Å². The highest BCUT2D eigenvalue weighted by atomic mass is 32.2. The van der Waals surface area contributed by atoms with Gasteiger partial charge in [0, 0.05) is 41.4 Å². The van der Waals surface area contributed by atoms with E-state index in [0.29, 0.717) is 6.54 Å². The minimum Gasteiger partial charge on any atom is -0.369 e. The summed E-state index contributed by atoms with van der Waals surface area (Å²) in [6, 6.07) is 5.41. The highest BCUT2D eigenvalue weighted by molar-refractivity contribution is 8.00. The fourth-order valence-electron chi connectivity index (χ4n) is 2.49. The van der Waals surface area contributed by atoms with Gasteiger partial charge in [0.2, 0.25) is 0 Å². The summed E-state index contributed by atoms with van der Waals surface area (Å²) in [6.45, 7) is 9.98. The number of rotatable bonds is 4. The van der Waals surface area contributed by atoms with Gasteiger partial charge in [-0.2, -0.15) is 11.8 Å². The van der Waals surface area contributed by atoms with Crippen molar-refractivity contribution in [3.8, 4) is 0 Å². The largest absolute Gasteiger partial charge is 0.369 e. The third-order valence-corrected chi connectivity index (χ3v) is 4.71. The average Bonchev–Trinajstić information content (AvgIpc) is 2.36. The highest BCUT2D eigenvalue weighted by Gasteiger charge is 2.28. The molecule has 2 rings (SSSR count). The molecule has 106 valence electrons. The Hall–Kier alpha value is -0.740. The second kappa shape index (κ2) is 6.14. The number of benzene rings is 1. The average molecular weight is 282 g/mol. The van der Waals surface area contributed by atoms with Crippen molar-refractivity contribution in [3.63, 3.8) is 0 Å². The summed E-state index contributed by atoms with van der Waals surface area (Å²) < 4.78 is 14.3. The third-order valence-electron chi connectivity index (χ3n) is 3.41. The molecule has 0 aliphatic carbocycles. The summed E-state index contributed by atoms with van der Waals surface area (Å²) >= 11 is 2.00. The van der Waals surface area contributed by atoms with E-state index in [1.54, 1.807) is 6.07 Å². The molecule has 0 bridgehead atoms. The van der Waals surface area contributed by atoms with E-state index >= 15 is 0 Å². The molecule has 4 heteroatoms. The molecule has 0 atom stereocenters. The predicted molar refractivity (Wildman–Crippen MR) is 82.5 cm³/mol. The predicted octanol–water partition coefficient (Wildman–Crippen LogP) is 3.27. The van der Waals surface area contributed by atoms with Crippen LogP contribution in [0.15, 0.2) is 18.2 Å². The maximum Gasteiger partial charge on any atom is 0.129 e. The van der Waals surface area contributed by atoms with Crippen LogP contribution in [0.5, 0.6) is 0 Å². The van der Waals surface area contributed by atoms with Crippen LogP contribution in [0.1, 0.15) is 26.3 Å². The van der Waals surface area contributed by atoms with Crippen molar-refractivity contribution < 1.29 is 4.39 Å². The van der Waals surface area contributed by atoms with Gasteiger partial charge in [0.15, 0.2) is 0 Å². The van der Waals surface area contributed by atoms with E-state index in [9.17, 15) is 4.39 Å². The molecular formula is C15H23FN2S. The first kappa shape index (κ1) is 14.7. The normalized spacial score (nSPS) is 18.6. The summed E-state index contributed by atoms with van der Waals surface area (Å²) in [5.74, 6) is 0.999. The van der Waals surface area contributed by atoms with Crippen LogP contribution in [-0.4, -0.2) is 30.1 Å². The molecule has 1 heterocycles. The van der Waals surface area contributed by atoms with E-state index in [0.717, 1.165) is 36.6 Å². The van der Waals surface area contributed by atoms with Crippen molar-refractivity contribution in [2.24, 2.45) is 0 Å². The number of halogens is 1. The van der Waals surface area contributed by atoms with Crippen LogP contribution >= 0.6 is 11.8 Å². The number of nitrogens with zero attached hydrogens (tertiary/aromatic N) is 1. The molecule has 1 fully saturated rings. The number of thioether (sulfide) groups is 1. The Balaban J connectivity index is 2.25. The van der Waals surface area contributed by atoms with Crippen molar-refractivity contribution in [1.29, 1.82) is 0 Å². The molecule has 0 saturated carbocycles. The van der Waals surface area contributed by atoms with Crippen molar-refractivity contribution in [2.75, 3.05) is 30.3 Å². The maximum atomic E-state index is 14.0. The Kier molecular flexibility index (Phi) is 4.74. The molecule has 0 amide bonds. The van der Waals surface area contributed by atoms with Gasteiger partial charge in [0.25, 0.3) is 0 Å². The summed E-state index contributed by atoms with van der Waals surface area (Å²) in [5.41, 5.74) is 1.85. The van der Waals surface area contributed by atoms with E-state index in [-0.39, 0.29) is 10.6 Å². The minimum absolute atomic E-state index is 0.102. The van der Waals surface area contributed by atoms with Crippen molar-refractivity contribution >= 4 is 17.4 Å². The fraction of sp³-hybridized carbons (Fsp3) is 0.600. The zero-order valence-corrected chi connectivity index (χ0v) is 12.8. The van der Waals surface area contributed by atoms with Crippen molar-refractivity contribution in [1.82, 2.24) is 5.32 Å². The lowest BCUT2D eigenvalue weighted by atomic mass is 10.1. The highest BCUT2D eigenvalue weighted by Crippen LogP contribution is 2.34. The molecule has 2 nitrogen and oxygen atoms in total. The minimum atomic E-state index is -0.102.